The number of hydrogen-bond donors (Lipinski definition) is 0. The highest BCUT2D eigenvalue weighted by Crippen LogP contribution is 2.53. The third-order valence-electron chi connectivity index (χ3n) is 5.73. The van der Waals surface area contributed by atoms with Crippen LogP contribution in [-0.4, -0.2) is 23.5 Å². The van der Waals surface area contributed by atoms with Crippen LogP contribution in [0.25, 0.3) is 0 Å². The van der Waals surface area contributed by atoms with Crippen LogP contribution in [0.5, 0.6) is 5.75 Å². The Kier molecular flexibility index (Phi) is 4.63. The van der Waals surface area contributed by atoms with Crippen molar-refractivity contribution < 1.29 is 14.4 Å². The fourth-order valence-corrected chi connectivity index (χ4v) is 5.50. The van der Waals surface area contributed by atoms with Crippen molar-refractivity contribution in [3.63, 3.8) is 0 Å². The Balaban J connectivity index is 1.66. The van der Waals surface area contributed by atoms with E-state index in [0.717, 1.165) is 28.2 Å². The molecule has 2 aliphatic rings. The molecular weight excluding hydrogens is 394 g/mol. The van der Waals surface area contributed by atoms with E-state index in [4.69, 9.17) is 9.57 Å². The number of hydrogen-bond acceptors (Lipinski definition) is 5. The van der Waals surface area contributed by atoms with E-state index in [0.29, 0.717) is 11.3 Å². The van der Waals surface area contributed by atoms with Gasteiger partial charge in [-0.2, -0.15) is 0 Å². The van der Waals surface area contributed by atoms with Crippen molar-refractivity contribution in [2.75, 3.05) is 7.11 Å². The number of oxime groups is 1. The van der Waals surface area contributed by atoms with E-state index in [2.05, 4.69) is 24.2 Å². The van der Waals surface area contributed by atoms with Gasteiger partial charge in [0.25, 0.3) is 4.93 Å². The number of thioether (sulfide) groups is 1. The van der Waals surface area contributed by atoms with Crippen molar-refractivity contribution in [3.05, 3.63) is 101 Å². The number of carbonyl (C=O) groups excluding carboxylic acids is 1. The predicted octanol–water partition coefficient (Wildman–Crippen LogP) is 5.35. The zero-order chi connectivity index (χ0) is 20.7. The van der Waals surface area contributed by atoms with E-state index in [1.165, 1.54) is 17.3 Å². The molecule has 0 saturated heterocycles. The van der Waals surface area contributed by atoms with Gasteiger partial charge in [-0.15, -0.1) is 0 Å². The third-order valence-corrected chi connectivity index (χ3v) is 7.11. The lowest BCUT2D eigenvalue weighted by molar-refractivity contribution is 0.0361. The second kappa shape index (κ2) is 7.33. The molecule has 0 radical (unpaired) electrons. The normalized spacial score (nSPS) is 22.4. The average molecular weight is 416 g/mol. The molecule has 2 atom stereocenters. The van der Waals surface area contributed by atoms with E-state index >= 15 is 0 Å². The molecule has 2 heterocycles. The van der Waals surface area contributed by atoms with Gasteiger partial charge in [0, 0.05) is 16.9 Å². The maximum Gasteiger partial charge on any atom is 0.257 e. The fourth-order valence-electron chi connectivity index (χ4n) is 4.13. The number of aryl methyl sites for hydroxylation is 1. The largest absolute Gasteiger partial charge is 0.497 e. The molecule has 30 heavy (non-hydrogen) atoms. The predicted molar refractivity (Wildman–Crippen MR) is 119 cm³/mol. The third kappa shape index (κ3) is 2.92. The van der Waals surface area contributed by atoms with Crippen LogP contribution in [-0.2, 0) is 10.6 Å². The van der Waals surface area contributed by atoms with Crippen molar-refractivity contribution in [2.24, 2.45) is 5.16 Å². The molecule has 3 aromatic rings. The molecule has 3 aromatic carbocycles. The van der Waals surface area contributed by atoms with E-state index < -0.39 is 4.93 Å². The Labute approximate surface area is 179 Å². The Morgan fingerprint density at radius 3 is 2.67 bits per heavy atom. The second-order valence-electron chi connectivity index (χ2n) is 7.59. The highest BCUT2D eigenvalue weighted by molar-refractivity contribution is 8.00. The summed E-state index contributed by atoms with van der Waals surface area (Å²) >= 11 is 1.51. The summed E-state index contributed by atoms with van der Waals surface area (Å²) in [6.07, 6.45) is 0. The second-order valence-corrected chi connectivity index (χ2v) is 8.77. The first kappa shape index (κ1) is 18.9. The number of methoxy groups -OCH3 is 1. The molecule has 0 amide bonds. The lowest BCUT2D eigenvalue weighted by atomic mass is 9.81. The van der Waals surface area contributed by atoms with Crippen molar-refractivity contribution in [3.8, 4) is 5.75 Å². The van der Waals surface area contributed by atoms with Gasteiger partial charge >= 0.3 is 0 Å². The molecule has 2 aliphatic heterocycles. The van der Waals surface area contributed by atoms with Crippen LogP contribution < -0.4 is 4.74 Å². The number of nitrogens with zero attached hydrogens (tertiary/aromatic N) is 1. The summed E-state index contributed by atoms with van der Waals surface area (Å²) in [7, 11) is 1.64. The van der Waals surface area contributed by atoms with Gasteiger partial charge in [0.2, 0.25) is 5.78 Å². The first-order valence-corrected chi connectivity index (χ1v) is 10.8. The molecule has 2 unspecified atom stereocenters. The summed E-state index contributed by atoms with van der Waals surface area (Å²) in [5.74, 6) is 1.06. The molecule has 4 nitrogen and oxygen atoms in total. The summed E-state index contributed by atoms with van der Waals surface area (Å²) < 4.78 is 5.46. The summed E-state index contributed by atoms with van der Waals surface area (Å²) in [5, 5.41) is 4.48. The summed E-state index contributed by atoms with van der Waals surface area (Å²) in [6.45, 7) is 2.05. The molecule has 0 N–H and O–H groups in total. The van der Waals surface area contributed by atoms with Crippen LogP contribution in [0.2, 0.25) is 0 Å². The van der Waals surface area contributed by atoms with Crippen molar-refractivity contribution >= 4 is 23.3 Å². The van der Waals surface area contributed by atoms with Gasteiger partial charge < -0.3 is 9.57 Å². The SMILES string of the molecule is COc1cccc(C2C(c3ccc(C)cc3)=NOC23SCc2ccccc2C3=O)c1. The molecule has 1 spiro atoms. The fraction of sp³-hybridized carbons (Fsp3) is 0.200. The number of Topliss-reactive ketones (excluding diaryl/α,β-unsaturated/α-hetero) is 1. The maximum atomic E-state index is 13.8. The highest BCUT2D eigenvalue weighted by Gasteiger charge is 2.58. The van der Waals surface area contributed by atoms with Gasteiger partial charge in [-0.05, 0) is 30.2 Å². The minimum atomic E-state index is -1.12. The molecule has 5 heteroatoms. The molecule has 5 rings (SSSR count). The van der Waals surface area contributed by atoms with Crippen molar-refractivity contribution in [1.29, 1.82) is 0 Å². The highest BCUT2D eigenvalue weighted by atomic mass is 32.2. The summed E-state index contributed by atoms with van der Waals surface area (Å²) in [6, 6.07) is 23.8. The van der Waals surface area contributed by atoms with Crippen LogP contribution in [0.3, 0.4) is 0 Å². The van der Waals surface area contributed by atoms with Crippen LogP contribution in [0, 0.1) is 6.92 Å². The average Bonchev–Trinajstić information content (AvgIpc) is 3.17. The monoisotopic (exact) mass is 415 g/mol. The number of carbonyl (C=O) groups is 1. The Hall–Kier alpha value is -3.05. The molecule has 0 saturated carbocycles. The van der Waals surface area contributed by atoms with Gasteiger partial charge in [-0.1, -0.05) is 83.1 Å². The molecule has 0 aromatic heterocycles. The lowest BCUT2D eigenvalue weighted by Crippen LogP contribution is -2.45. The van der Waals surface area contributed by atoms with E-state index in [1.807, 2.05) is 60.7 Å². The van der Waals surface area contributed by atoms with E-state index in [1.54, 1.807) is 7.11 Å². The Morgan fingerprint density at radius 1 is 1.07 bits per heavy atom. The van der Waals surface area contributed by atoms with Gasteiger partial charge in [-0.3, -0.25) is 4.79 Å². The minimum absolute atomic E-state index is 0.0342. The van der Waals surface area contributed by atoms with Crippen LogP contribution in [0.4, 0.5) is 0 Å². The molecule has 0 fully saturated rings. The van der Waals surface area contributed by atoms with Crippen molar-refractivity contribution in [2.45, 2.75) is 23.5 Å². The zero-order valence-corrected chi connectivity index (χ0v) is 17.6. The van der Waals surface area contributed by atoms with Crippen molar-refractivity contribution in [1.82, 2.24) is 0 Å². The molecule has 150 valence electrons. The maximum absolute atomic E-state index is 13.8. The van der Waals surface area contributed by atoms with Crippen LogP contribution >= 0.6 is 11.8 Å². The molecule has 0 bridgehead atoms. The minimum Gasteiger partial charge on any atom is -0.497 e. The van der Waals surface area contributed by atoms with E-state index in [9.17, 15) is 4.79 Å². The van der Waals surface area contributed by atoms with Crippen LogP contribution in [0.1, 0.15) is 38.5 Å². The standard InChI is InChI=1S/C25H21NO3S/c1-16-10-12-17(13-11-16)23-22(18-7-5-8-20(14-18)28-2)25(29-26-23)24(27)21-9-4-3-6-19(21)15-30-25/h3-14,22H,15H2,1-2H3. The van der Waals surface area contributed by atoms with Gasteiger partial charge in [0.05, 0.1) is 13.0 Å². The number of fused-ring (bicyclic) bond motifs is 1. The smallest absolute Gasteiger partial charge is 0.257 e. The number of rotatable bonds is 3. The lowest BCUT2D eigenvalue weighted by Gasteiger charge is -2.35. The molecule has 0 aliphatic carbocycles. The summed E-state index contributed by atoms with van der Waals surface area (Å²) in [5.41, 5.74) is 5.59. The number of ether oxygens (including phenoxy) is 1. The quantitative estimate of drug-likeness (QED) is 0.579. The van der Waals surface area contributed by atoms with Crippen LogP contribution in [0.15, 0.2) is 78.0 Å². The first-order valence-electron chi connectivity index (χ1n) is 9.86. The van der Waals surface area contributed by atoms with Gasteiger partial charge in [0.15, 0.2) is 0 Å². The first-order chi connectivity index (χ1) is 14.6. The van der Waals surface area contributed by atoms with Gasteiger partial charge in [0.1, 0.15) is 11.5 Å². The molecular formula is C25H21NO3S. The topological polar surface area (TPSA) is 47.9 Å². The zero-order valence-electron chi connectivity index (χ0n) is 16.8. The summed E-state index contributed by atoms with van der Waals surface area (Å²) in [4.78, 5) is 18.7. The van der Waals surface area contributed by atoms with Gasteiger partial charge in [-0.25, -0.2) is 0 Å². The Morgan fingerprint density at radius 2 is 1.87 bits per heavy atom. The van der Waals surface area contributed by atoms with E-state index in [-0.39, 0.29) is 11.7 Å². The number of ketones is 1. The number of benzene rings is 3. The Bertz CT molecular complexity index is 1160.